The molecule has 0 bridgehead atoms. The zero-order valence-corrected chi connectivity index (χ0v) is 13.8. The molecule has 3 atom stereocenters. The normalized spacial score (nSPS) is 22.2. The molecule has 0 radical (unpaired) electrons. The monoisotopic (exact) mass is 322 g/mol. The summed E-state index contributed by atoms with van der Waals surface area (Å²) in [4.78, 5) is 24.2. The molecule has 0 aliphatic carbocycles. The molecule has 1 aromatic rings. The van der Waals surface area contributed by atoms with Crippen LogP contribution in [0.3, 0.4) is 0 Å². The summed E-state index contributed by atoms with van der Waals surface area (Å²) < 4.78 is 5.18. The first-order valence-electron chi connectivity index (χ1n) is 7.90. The van der Waals surface area contributed by atoms with E-state index in [9.17, 15) is 14.9 Å². The molecule has 2 N–H and O–H groups in total. The highest BCUT2D eigenvalue weighted by Crippen LogP contribution is 2.28. The first-order chi connectivity index (χ1) is 10.9. The second-order valence-corrected chi connectivity index (χ2v) is 6.21. The number of carbonyl (C=O) groups excluding carboxylic acids is 1. The highest BCUT2D eigenvalue weighted by atomic mass is 16.6. The number of non-ortho nitro benzene ring substituents is 1. The fourth-order valence-corrected chi connectivity index (χ4v) is 3.06. The molecule has 1 amide bonds. The second-order valence-electron chi connectivity index (χ2n) is 6.21. The molecule has 0 aromatic heterocycles. The van der Waals surface area contributed by atoms with Gasteiger partial charge >= 0.3 is 0 Å². The first-order valence-corrected chi connectivity index (χ1v) is 7.90. The highest BCUT2D eigenvalue weighted by Gasteiger charge is 2.30. The van der Waals surface area contributed by atoms with Crippen LogP contribution in [0.25, 0.3) is 0 Å². The minimum absolute atomic E-state index is 0.0762. The molecule has 1 fully saturated rings. The number of methoxy groups -OCH3 is 1. The summed E-state index contributed by atoms with van der Waals surface area (Å²) in [5, 5.41) is 13.7. The van der Waals surface area contributed by atoms with Crippen LogP contribution in [0.2, 0.25) is 0 Å². The maximum Gasteiger partial charge on any atom is 0.282 e. The number of amides is 1. The number of hydrogen-bond acceptors (Lipinski definition) is 4. The van der Waals surface area contributed by atoms with Gasteiger partial charge in [-0.2, -0.15) is 0 Å². The van der Waals surface area contributed by atoms with Gasteiger partial charge in [-0.1, -0.05) is 6.92 Å². The van der Waals surface area contributed by atoms with Crippen LogP contribution in [0.15, 0.2) is 18.2 Å². The average molecular weight is 322 g/mol. The molecule has 126 valence electrons. The second kappa shape index (κ2) is 7.41. The maximum atomic E-state index is 12.5. The lowest BCUT2D eigenvalue weighted by Crippen LogP contribution is -3.17. The van der Waals surface area contributed by atoms with E-state index in [-0.39, 0.29) is 17.6 Å². The van der Waals surface area contributed by atoms with E-state index in [4.69, 9.17) is 4.74 Å². The SMILES string of the molecule is COc1ccc([N+](=O)[O-])cc1NC(=O)[C@H](C)[NH+]1CCC[C@@H](C)C1. The molecule has 1 heterocycles. The van der Waals surface area contributed by atoms with Crippen LogP contribution in [0.5, 0.6) is 5.75 Å². The Balaban J connectivity index is 2.12. The Morgan fingerprint density at radius 1 is 1.52 bits per heavy atom. The molecule has 2 rings (SSSR count). The predicted molar refractivity (Wildman–Crippen MR) is 86.8 cm³/mol. The van der Waals surface area contributed by atoms with Crippen LogP contribution >= 0.6 is 0 Å². The van der Waals surface area contributed by atoms with E-state index in [2.05, 4.69) is 12.2 Å². The molecule has 23 heavy (non-hydrogen) atoms. The summed E-state index contributed by atoms with van der Waals surface area (Å²) in [5.74, 6) is 0.882. The molecule has 0 spiro atoms. The number of nitro benzene ring substituents is 1. The van der Waals surface area contributed by atoms with Crippen LogP contribution in [0, 0.1) is 16.0 Å². The summed E-state index contributed by atoms with van der Waals surface area (Å²) in [5.41, 5.74) is 0.260. The molecule has 1 aromatic carbocycles. The Labute approximate surface area is 135 Å². The summed E-state index contributed by atoms with van der Waals surface area (Å²) in [6.45, 7) is 6.05. The fourth-order valence-electron chi connectivity index (χ4n) is 3.06. The molecule has 0 saturated carbocycles. The average Bonchev–Trinajstić information content (AvgIpc) is 2.53. The van der Waals surface area contributed by atoms with Crippen molar-refractivity contribution in [3.63, 3.8) is 0 Å². The highest BCUT2D eigenvalue weighted by molar-refractivity contribution is 5.95. The minimum atomic E-state index is -0.490. The number of rotatable bonds is 5. The van der Waals surface area contributed by atoms with Gasteiger partial charge in [0.15, 0.2) is 6.04 Å². The number of anilines is 1. The topological polar surface area (TPSA) is 85.9 Å². The van der Waals surface area contributed by atoms with Crippen molar-refractivity contribution in [1.29, 1.82) is 0 Å². The molecular formula is C16H24N3O4+. The lowest BCUT2D eigenvalue weighted by molar-refractivity contribution is -0.922. The number of nitro groups is 1. The number of quaternary nitrogens is 1. The van der Waals surface area contributed by atoms with E-state index in [1.165, 1.54) is 36.6 Å². The molecule has 1 aliphatic rings. The first kappa shape index (κ1) is 17.2. The Morgan fingerprint density at radius 3 is 2.87 bits per heavy atom. The van der Waals surface area contributed by atoms with Crippen molar-refractivity contribution >= 4 is 17.3 Å². The van der Waals surface area contributed by atoms with Crippen molar-refractivity contribution < 1.29 is 19.4 Å². The molecule has 1 aliphatic heterocycles. The van der Waals surface area contributed by atoms with E-state index in [0.29, 0.717) is 17.4 Å². The Kier molecular flexibility index (Phi) is 5.54. The van der Waals surface area contributed by atoms with Gasteiger partial charge in [0.1, 0.15) is 5.75 Å². The third-order valence-corrected chi connectivity index (χ3v) is 4.46. The zero-order chi connectivity index (χ0) is 17.0. The van der Waals surface area contributed by atoms with E-state index in [1.807, 2.05) is 6.92 Å². The minimum Gasteiger partial charge on any atom is -0.495 e. The quantitative estimate of drug-likeness (QED) is 0.631. The number of carbonyl (C=O) groups is 1. The molecule has 1 saturated heterocycles. The van der Waals surface area contributed by atoms with Gasteiger partial charge < -0.3 is 15.0 Å². The van der Waals surface area contributed by atoms with Crippen molar-refractivity contribution in [2.24, 2.45) is 5.92 Å². The van der Waals surface area contributed by atoms with Gasteiger partial charge in [0.05, 0.1) is 30.8 Å². The summed E-state index contributed by atoms with van der Waals surface area (Å²) >= 11 is 0. The predicted octanol–water partition coefficient (Wildman–Crippen LogP) is 1.25. The van der Waals surface area contributed by atoms with E-state index >= 15 is 0 Å². The molecule has 7 nitrogen and oxygen atoms in total. The summed E-state index contributed by atoms with van der Waals surface area (Å²) in [6, 6.07) is 3.98. The third-order valence-electron chi connectivity index (χ3n) is 4.46. The van der Waals surface area contributed by atoms with Crippen LogP contribution < -0.4 is 15.0 Å². The lowest BCUT2D eigenvalue weighted by atomic mass is 9.99. The number of nitrogens with zero attached hydrogens (tertiary/aromatic N) is 1. The number of hydrogen-bond donors (Lipinski definition) is 2. The van der Waals surface area contributed by atoms with Gasteiger partial charge in [-0.3, -0.25) is 14.9 Å². The number of likely N-dealkylation sites (tertiary alicyclic amines) is 1. The van der Waals surface area contributed by atoms with Gasteiger partial charge in [0.2, 0.25) is 0 Å². The van der Waals surface area contributed by atoms with Crippen molar-refractivity contribution in [3.8, 4) is 5.75 Å². The van der Waals surface area contributed by atoms with Gasteiger partial charge in [-0.25, -0.2) is 0 Å². The smallest absolute Gasteiger partial charge is 0.282 e. The van der Waals surface area contributed by atoms with Gasteiger partial charge in [-0.15, -0.1) is 0 Å². The van der Waals surface area contributed by atoms with E-state index in [1.54, 1.807) is 0 Å². The third kappa shape index (κ3) is 4.19. The van der Waals surface area contributed by atoms with Gasteiger partial charge in [-0.05, 0) is 25.8 Å². The number of ether oxygens (including phenoxy) is 1. The lowest BCUT2D eigenvalue weighted by Gasteiger charge is -2.31. The molecule has 7 heteroatoms. The van der Waals surface area contributed by atoms with Crippen molar-refractivity contribution in [1.82, 2.24) is 0 Å². The van der Waals surface area contributed by atoms with Crippen molar-refractivity contribution in [2.75, 3.05) is 25.5 Å². The summed E-state index contributed by atoms with van der Waals surface area (Å²) in [7, 11) is 1.47. The van der Waals surface area contributed by atoms with Crippen LogP contribution in [0.1, 0.15) is 26.7 Å². The Hall–Kier alpha value is -2.15. The fraction of sp³-hybridized carbons (Fsp3) is 0.562. The van der Waals surface area contributed by atoms with E-state index < -0.39 is 4.92 Å². The molecule has 1 unspecified atom stereocenters. The van der Waals surface area contributed by atoms with Gasteiger partial charge in [0.25, 0.3) is 11.6 Å². The van der Waals surface area contributed by atoms with Crippen LogP contribution in [-0.2, 0) is 4.79 Å². The van der Waals surface area contributed by atoms with Crippen molar-refractivity contribution in [3.05, 3.63) is 28.3 Å². The van der Waals surface area contributed by atoms with Crippen LogP contribution in [0.4, 0.5) is 11.4 Å². The number of benzene rings is 1. The van der Waals surface area contributed by atoms with Crippen LogP contribution in [-0.4, -0.2) is 37.1 Å². The molecular weight excluding hydrogens is 298 g/mol. The Morgan fingerprint density at radius 2 is 2.26 bits per heavy atom. The Bertz CT molecular complexity index is 591. The number of nitrogens with one attached hydrogen (secondary N) is 2. The largest absolute Gasteiger partial charge is 0.495 e. The maximum absolute atomic E-state index is 12.5. The van der Waals surface area contributed by atoms with E-state index in [0.717, 1.165) is 19.5 Å². The van der Waals surface area contributed by atoms with Gasteiger partial charge in [0, 0.05) is 18.1 Å². The summed E-state index contributed by atoms with van der Waals surface area (Å²) in [6.07, 6.45) is 2.32. The van der Waals surface area contributed by atoms with Crippen molar-refractivity contribution in [2.45, 2.75) is 32.7 Å². The zero-order valence-electron chi connectivity index (χ0n) is 13.8. The number of piperidine rings is 1. The standard InChI is InChI=1S/C16H23N3O4/c1-11-5-4-8-18(10-11)12(2)16(20)17-14-9-13(19(21)22)6-7-15(14)23-3/h6-7,9,11-12H,4-5,8,10H2,1-3H3,(H,17,20)/p+1/t11-,12+/m1/s1.